The topological polar surface area (TPSA) is 20.2 Å². The van der Waals surface area contributed by atoms with E-state index in [2.05, 4.69) is 46.3 Å². The maximum Gasteiger partial charge on any atom is 0.0615 e. The highest BCUT2D eigenvalue weighted by Gasteiger charge is 2.27. The molecule has 1 atom stereocenters. The largest absolute Gasteiger partial charge is 0.392 e. The Morgan fingerprint density at radius 2 is 1.58 bits per heavy atom. The minimum absolute atomic E-state index is 0.272. The van der Waals surface area contributed by atoms with Gasteiger partial charge in [-0.25, -0.2) is 0 Å². The van der Waals surface area contributed by atoms with Crippen molar-refractivity contribution in [1.29, 1.82) is 0 Å². The van der Waals surface area contributed by atoms with E-state index in [-0.39, 0.29) is 6.10 Å². The van der Waals surface area contributed by atoms with Crippen molar-refractivity contribution >= 4 is 15.9 Å². The summed E-state index contributed by atoms with van der Waals surface area (Å²) in [6.07, 6.45) is 2.45. The number of aliphatic hydroxyl groups is 1. The first-order valence-electron chi connectivity index (χ1n) is 6.72. The molecule has 0 radical (unpaired) electrons. The predicted molar refractivity (Wildman–Crippen MR) is 81.2 cm³/mol. The van der Waals surface area contributed by atoms with Gasteiger partial charge in [0.15, 0.2) is 0 Å². The summed E-state index contributed by atoms with van der Waals surface area (Å²) < 4.78 is 1.09. The number of hydrogen-bond donors (Lipinski definition) is 1. The molecule has 2 heteroatoms. The molecule has 2 aromatic carbocycles. The summed E-state index contributed by atoms with van der Waals surface area (Å²) in [6, 6.07) is 16.7. The highest BCUT2D eigenvalue weighted by atomic mass is 79.9. The minimum atomic E-state index is -0.272. The molecule has 19 heavy (non-hydrogen) atoms. The lowest BCUT2D eigenvalue weighted by atomic mass is 9.94. The standard InChI is InChI=1S/C17H17BrO/c18-16-8-4-3-7-14(16)11-17(19)15-9-12-5-1-2-6-13(12)10-15/h1-8,15,17,19H,9-11H2. The van der Waals surface area contributed by atoms with E-state index in [0.29, 0.717) is 5.92 Å². The van der Waals surface area contributed by atoms with Gasteiger partial charge in [-0.15, -0.1) is 0 Å². The Morgan fingerprint density at radius 3 is 2.21 bits per heavy atom. The van der Waals surface area contributed by atoms with Gasteiger partial charge in [-0.2, -0.15) is 0 Å². The fourth-order valence-electron chi connectivity index (χ4n) is 2.92. The maximum atomic E-state index is 10.5. The molecule has 1 aliphatic carbocycles. The molecule has 1 unspecified atom stereocenters. The van der Waals surface area contributed by atoms with Crippen LogP contribution in [0.3, 0.4) is 0 Å². The Kier molecular flexibility index (Phi) is 3.72. The molecule has 0 bridgehead atoms. The second-order valence-electron chi connectivity index (χ2n) is 5.30. The van der Waals surface area contributed by atoms with Crippen LogP contribution in [-0.4, -0.2) is 11.2 Å². The summed E-state index contributed by atoms with van der Waals surface area (Å²) in [5.41, 5.74) is 3.99. The van der Waals surface area contributed by atoms with Crippen molar-refractivity contribution in [2.75, 3.05) is 0 Å². The Hall–Kier alpha value is -1.12. The summed E-state index contributed by atoms with van der Waals surface area (Å²) >= 11 is 3.55. The van der Waals surface area contributed by atoms with Crippen molar-refractivity contribution in [3.05, 3.63) is 69.7 Å². The Balaban J connectivity index is 1.70. The summed E-state index contributed by atoms with van der Waals surface area (Å²) in [5, 5.41) is 10.5. The van der Waals surface area contributed by atoms with Crippen LogP contribution in [0.5, 0.6) is 0 Å². The van der Waals surface area contributed by atoms with Gasteiger partial charge in [0, 0.05) is 4.47 Å². The van der Waals surface area contributed by atoms with Gasteiger partial charge in [-0.3, -0.25) is 0 Å². The third-order valence-electron chi connectivity index (χ3n) is 4.01. The Morgan fingerprint density at radius 1 is 1.00 bits per heavy atom. The fourth-order valence-corrected chi connectivity index (χ4v) is 3.37. The molecule has 1 N–H and O–H groups in total. The molecule has 0 aromatic heterocycles. The first kappa shape index (κ1) is 12.9. The third kappa shape index (κ3) is 2.75. The van der Waals surface area contributed by atoms with Gasteiger partial charge in [0.25, 0.3) is 0 Å². The van der Waals surface area contributed by atoms with E-state index >= 15 is 0 Å². The van der Waals surface area contributed by atoms with Crippen LogP contribution in [-0.2, 0) is 19.3 Å². The lowest BCUT2D eigenvalue weighted by Gasteiger charge is -2.18. The molecule has 0 saturated carbocycles. The molecule has 0 heterocycles. The second-order valence-corrected chi connectivity index (χ2v) is 6.15. The highest BCUT2D eigenvalue weighted by molar-refractivity contribution is 9.10. The number of fused-ring (bicyclic) bond motifs is 1. The van der Waals surface area contributed by atoms with E-state index in [0.717, 1.165) is 23.7 Å². The molecular weight excluding hydrogens is 300 g/mol. The lowest BCUT2D eigenvalue weighted by Crippen LogP contribution is -2.23. The van der Waals surface area contributed by atoms with Gasteiger partial charge in [-0.1, -0.05) is 58.4 Å². The molecule has 0 amide bonds. The van der Waals surface area contributed by atoms with Crippen LogP contribution in [0.25, 0.3) is 0 Å². The first-order valence-corrected chi connectivity index (χ1v) is 7.51. The predicted octanol–water partition coefficient (Wildman–Crippen LogP) is 3.77. The van der Waals surface area contributed by atoms with Crippen molar-refractivity contribution in [2.45, 2.75) is 25.4 Å². The monoisotopic (exact) mass is 316 g/mol. The van der Waals surface area contributed by atoms with Gasteiger partial charge >= 0.3 is 0 Å². The quantitative estimate of drug-likeness (QED) is 0.914. The zero-order valence-corrected chi connectivity index (χ0v) is 12.3. The maximum absolute atomic E-state index is 10.5. The van der Waals surface area contributed by atoms with Crippen molar-refractivity contribution in [3.8, 4) is 0 Å². The van der Waals surface area contributed by atoms with E-state index in [1.54, 1.807) is 0 Å². The van der Waals surface area contributed by atoms with Crippen LogP contribution in [0.2, 0.25) is 0 Å². The van der Waals surface area contributed by atoms with Gasteiger partial charge in [0.2, 0.25) is 0 Å². The minimum Gasteiger partial charge on any atom is -0.392 e. The zero-order chi connectivity index (χ0) is 13.2. The molecule has 0 spiro atoms. The number of rotatable bonds is 3. The lowest BCUT2D eigenvalue weighted by molar-refractivity contribution is 0.112. The number of benzene rings is 2. The van der Waals surface area contributed by atoms with Crippen LogP contribution in [0, 0.1) is 5.92 Å². The summed E-state index contributed by atoms with van der Waals surface area (Å²) in [4.78, 5) is 0. The number of halogens is 1. The van der Waals surface area contributed by atoms with Gasteiger partial charge in [-0.05, 0) is 47.9 Å². The van der Waals surface area contributed by atoms with E-state index in [4.69, 9.17) is 0 Å². The van der Waals surface area contributed by atoms with Gasteiger partial charge in [0.1, 0.15) is 0 Å². The zero-order valence-electron chi connectivity index (χ0n) is 10.7. The smallest absolute Gasteiger partial charge is 0.0615 e. The average molecular weight is 317 g/mol. The van der Waals surface area contributed by atoms with Crippen molar-refractivity contribution in [2.24, 2.45) is 5.92 Å². The van der Waals surface area contributed by atoms with Crippen molar-refractivity contribution < 1.29 is 5.11 Å². The van der Waals surface area contributed by atoms with Gasteiger partial charge in [0.05, 0.1) is 6.10 Å². The second kappa shape index (κ2) is 5.48. The first-order chi connectivity index (χ1) is 9.24. The average Bonchev–Trinajstić information content (AvgIpc) is 2.85. The van der Waals surface area contributed by atoms with Crippen LogP contribution < -0.4 is 0 Å². The highest BCUT2D eigenvalue weighted by Crippen LogP contribution is 2.30. The summed E-state index contributed by atoms with van der Waals surface area (Å²) in [7, 11) is 0. The molecule has 0 saturated heterocycles. The molecular formula is C17H17BrO. The third-order valence-corrected chi connectivity index (χ3v) is 4.79. The number of aliphatic hydroxyl groups excluding tert-OH is 1. The fraction of sp³-hybridized carbons (Fsp3) is 0.294. The van der Waals surface area contributed by atoms with E-state index < -0.39 is 0 Å². The van der Waals surface area contributed by atoms with Crippen molar-refractivity contribution in [1.82, 2.24) is 0 Å². The number of hydrogen-bond acceptors (Lipinski definition) is 1. The molecule has 1 nitrogen and oxygen atoms in total. The molecule has 0 fully saturated rings. The molecule has 1 aliphatic rings. The summed E-state index contributed by atoms with van der Waals surface area (Å²) in [5.74, 6) is 0.351. The Labute approximate surface area is 122 Å². The van der Waals surface area contributed by atoms with E-state index in [1.165, 1.54) is 16.7 Å². The molecule has 0 aliphatic heterocycles. The molecule has 2 aromatic rings. The van der Waals surface area contributed by atoms with Crippen LogP contribution in [0.15, 0.2) is 53.0 Å². The van der Waals surface area contributed by atoms with Crippen LogP contribution in [0.1, 0.15) is 16.7 Å². The van der Waals surface area contributed by atoms with Crippen LogP contribution in [0.4, 0.5) is 0 Å². The SMILES string of the molecule is OC(Cc1ccccc1Br)C1Cc2ccccc2C1. The summed E-state index contributed by atoms with van der Waals surface area (Å²) in [6.45, 7) is 0. The molecule has 98 valence electrons. The van der Waals surface area contributed by atoms with E-state index in [1.807, 2.05) is 18.2 Å². The normalized spacial score (nSPS) is 16.3. The van der Waals surface area contributed by atoms with Crippen molar-refractivity contribution in [3.63, 3.8) is 0 Å². The van der Waals surface area contributed by atoms with Gasteiger partial charge < -0.3 is 5.11 Å². The Bertz CT molecular complexity index is 554. The van der Waals surface area contributed by atoms with Crippen LogP contribution >= 0.6 is 15.9 Å². The van der Waals surface area contributed by atoms with E-state index in [9.17, 15) is 5.11 Å². The molecule has 3 rings (SSSR count).